The molecule has 0 bridgehead atoms. The van der Waals surface area contributed by atoms with Crippen molar-refractivity contribution in [1.82, 2.24) is 0 Å². The van der Waals surface area contributed by atoms with E-state index in [0.717, 1.165) is 0 Å². The lowest BCUT2D eigenvalue weighted by molar-refractivity contribution is 0.356. The summed E-state index contributed by atoms with van der Waals surface area (Å²) >= 11 is 0. The Hall–Kier alpha value is -1.56. The molecule has 2 rings (SSSR count). The van der Waals surface area contributed by atoms with Gasteiger partial charge in [-0.25, -0.2) is 0 Å². The summed E-state index contributed by atoms with van der Waals surface area (Å²) in [6.45, 7) is 11.4. The Morgan fingerprint density at radius 2 is 1.05 bits per heavy atom. The molecule has 0 fully saturated rings. The van der Waals surface area contributed by atoms with Gasteiger partial charge < -0.3 is 0 Å². The normalized spacial score (nSPS) is 11.9. The molecule has 0 aliphatic rings. The SMILES string of the molecule is Cc1ccccc1C(c1ccccc1C)C(C)(C)C. The first-order valence-corrected chi connectivity index (χ1v) is 7.02. The number of hydrogen-bond donors (Lipinski definition) is 0. The van der Waals surface area contributed by atoms with E-state index in [1.54, 1.807) is 0 Å². The largest absolute Gasteiger partial charge is 0.0620 e. The molecule has 0 spiro atoms. The van der Waals surface area contributed by atoms with Gasteiger partial charge in [-0.05, 0) is 41.5 Å². The number of hydrogen-bond acceptors (Lipinski definition) is 0. The molecule has 19 heavy (non-hydrogen) atoms. The first-order valence-electron chi connectivity index (χ1n) is 7.02. The molecule has 0 nitrogen and oxygen atoms in total. The smallest absolute Gasteiger partial charge is 0.0143 e. The van der Waals surface area contributed by atoms with Gasteiger partial charge in [-0.1, -0.05) is 69.3 Å². The molecule has 2 aromatic rings. The second-order valence-electron chi connectivity index (χ2n) is 6.51. The Kier molecular flexibility index (Phi) is 3.80. The Labute approximate surface area is 117 Å². The zero-order valence-electron chi connectivity index (χ0n) is 12.7. The minimum atomic E-state index is 0.207. The lowest BCUT2D eigenvalue weighted by Gasteiger charge is -2.34. The maximum absolute atomic E-state index is 2.33. The predicted octanol–water partition coefficient (Wildman–Crippen LogP) is 5.48. The summed E-state index contributed by atoms with van der Waals surface area (Å²) in [7, 11) is 0. The summed E-state index contributed by atoms with van der Waals surface area (Å²) < 4.78 is 0. The third kappa shape index (κ3) is 2.89. The second kappa shape index (κ2) is 5.21. The van der Waals surface area contributed by atoms with Crippen molar-refractivity contribution in [2.45, 2.75) is 40.5 Å². The molecule has 0 aromatic heterocycles. The zero-order chi connectivity index (χ0) is 14.0. The average Bonchev–Trinajstić information content (AvgIpc) is 2.33. The minimum Gasteiger partial charge on any atom is -0.0620 e. The first kappa shape index (κ1) is 13.9. The van der Waals surface area contributed by atoms with Crippen LogP contribution >= 0.6 is 0 Å². The number of aryl methyl sites for hydroxylation is 2. The molecule has 100 valence electrons. The van der Waals surface area contributed by atoms with E-state index in [2.05, 4.69) is 83.1 Å². The molecule has 0 saturated carbocycles. The van der Waals surface area contributed by atoms with Crippen LogP contribution < -0.4 is 0 Å². The maximum Gasteiger partial charge on any atom is 0.0143 e. The summed E-state index contributed by atoms with van der Waals surface area (Å²) in [5.74, 6) is 0.440. The fourth-order valence-electron chi connectivity index (χ4n) is 2.92. The quantitative estimate of drug-likeness (QED) is 0.663. The predicted molar refractivity (Wildman–Crippen MR) is 83.7 cm³/mol. The fourth-order valence-corrected chi connectivity index (χ4v) is 2.92. The highest BCUT2D eigenvalue weighted by Crippen LogP contribution is 2.42. The summed E-state index contributed by atoms with van der Waals surface area (Å²) in [6, 6.07) is 17.5. The lowest BCUT2D eigenvalue weighted by atomic mass is 9.70. The van der Waals surface area contributed by atoms with Gasteiger partial charge in [0.05, 0.1) is 0 Å². The van der Waals surface area contributed by atoms with Gasteiger partial charge in [-0.2, -0.15) is 0 Å². The summed E-state index contributed by atoms with van der Waals surface area (Å²) in [5.41, 5.74) is 5.86. The highest BCUT2D eigenvalue weighted by molar-refractivity contribution is 5.42. The van der Waals surface area contributed by atoms with Crippen LogP contribution in [0.25, 0.3) is 0 Å². The molecule has 0 aliphatic heterocycles. The van der Waals surface area contributed by atoms with Gasteiger partial charge in [-0.15, -0.1) is 0 Å². The lowest BCUT2D eigenvalue weighted by Crippen LogP contribution is -2.21. The molecule has 0 unspecified atom stereocenters. The second-order valence-corrected chi connectivity index (χ2v) is 6.51. The van der Waals surface area contributed by atoms with Crippen LogP contribution in [-0.2, 0) is 0 Å². The minimum absolute atomic E-state index is 0.207. The van der Waals surface area contributed by atoms with Crippen molar-refractivity contribution in [3.05, 3.63) is 70.8 Å². The monoisotopic (exact) mass is 252 g/mol. The van der Waals surface area contributed by atoms with E-state index in [1.807, 2.05) is 0 Å². The van der Waals surface area contributed by atoms with Gasteiger partial charge in [-0.3, -0.25) is 0 Å². The Bertz CT molecular complexity index is 513. The molecule has 0 heteroatoms. The molecular formula is C19H24. The third-order valence-electron chi connectivity index (χ3n) is 3.86. The van der Waals surface area contributed by atoms with Crippen LogP contribution in [0.15, 0.2) is 48.5 Å². The highest BCUT2D eigenvalue weighted by atomic mass is 14.3. The van der Waals surface area contributed by atoms with Gasteiger partial charge in [0.2, 0.25) is 0 Å². The van der Waals surface area contributed by atoms with Crippen molar-refractivity contribution in [2.75, 3.05) is 0 Å². The molecule has 0 radical (unpaired) electrons. The molecule has 0 saturated heterocycles. The first-order chi connectivity index (χ1) is 8.91. The van der Waals surface area contributed by atoms with E-state index < -0.39 is 0 Å². The highest BCUT2D eigenvalue weighted by Gasteiger charge is 2.29. The molecule has 0 N–H and O–H groups in total. The van der Waals surface area contributed by atoms with Gasteiger partial charge in [0.1, 0.15) is 0 Å². The van der Waals surface area contributed by atoms with Crippen molar-refractivity contribution < 1.29 is 0 Å². The van der Waals surface area contributed by atoms with Crippen LogP contribution in [0.1, 0.15) is 48.9 Å². The number of benzene rings is 2. The maximum atomic E-state index is 2.33. The van der Waals surface area contributed by atoms with E-state index in [-0.39, 0.29) is 5.41 Å². The molecule has 0 aliphatic carbocycles. The average molecular weight is 252 g/mol. The molecule has 0 heterocycles. The van der Waals surface area contributed by atoms with Gasteiger partial charge in [0, 0.05) is 5.92 Å². The van der Waals surface area contributed by atoms with Crippen molar-refractivity contribution in [3.8, 4) is 0 Å². The van der Waals surface area contributed by atoms with Crippen molar-refractivity contribution in [2.24, 2.45) is 5.41 Å². The van der Waals surface area contributed by atoms with Crippen molar-refractivity contribution in [3.63, 3.8) is 0 Å². The fraction of sp³-hybridized carbons (Fsp3) is 0.368. The summed E-state index contributed by atoms with van der Waals surface area (Å²) in [5, 5.41) is 0. The summed E-state index contributed by atoms with van der Waals surface area (Å²) in [4.78, 5) is 0. The Morgan fingerprint density at radius 1 is 0.684 bits per heavy atom. The Morgan fingerprint density at radius 3 is 1.37 bits per heavy atom. The Balaban J connectivity index is 2.62. The van der Waals surface area contributed by atoms with E-state index in [0.29, 0.717) is 5.92 Å². The molecule has 0 atom stereocenters. The van der Waals surface area contributed by atoms with Gasteiger partial charge in [0.25, 0.3) is 0 Å². The molecule has 2 aromatic carbocycles. The zero-order valence-corrected chi connectivity index (χ0v) is 12.7. The van der Waals surface area contributed by atoms with Crippen molar-refractivity contribution >= 4 is 0 Å². The topological polar surface area (TPSA) is 0 Å². The van der Waals surface area contributed by atoms with Gasteiger partial charge >= 0.3 is 0 Å². The van der Waals surface area contributed by atoms with E-state index in [9.17, 15) is 0 Å². The van der Waals surface area contributed by atoms with Crippen LogP contribution in [0, 0.1) is 19.3 Å². The summed E-state index contributed by atoms with van der Waals surface area (Å²) in [6.07, 6.45) is 0. The van der Waals surface area contributed by atoms with E-state index in [1.165, 1.54) is 22.3 Å². The number of rotatable bonds is 2. The molecular weight excluding hydrogens is 228 g/mol. The standard InChI is InChI=1S/C19H24/c1-14-10-6-8-12-16(14)18(19(3,4)5)17-13-9-7-11-15(17)2/h6-13,18H,1-5H3. The van der Waals surface area contributed by atoms with Crippen molar-refractivity contribution in [1.29, 1.82) is 0 Å². The van der Waals surface area contributed by atoms with Crippen LogP contribution in [-0.4, -0.2) is 0 Å². The van der Waals surface area contributed by atoms with Crippen LogP contribution in [0.5, 0.6) is 0 Å². The van der Waals surface area contributed by atoms with E-state index >= 15 is 0 Å². The van der Waals surface area contributed by atoms with Gasteiger partial charge in [0.15, 0.2) is 0 Å². The van der Waals surface area contributed by atoms with Crippen LogP contribution in [0.2, 0.25) is 0 Å². The molecule has 0 amide bonds. The van der Waals surface area contributed by atoms with Crippen LogP contribution in [0.3, 0.4) is 0 Å². The van der Waals surface area contributed by atoms with Crippen LogP contribution in [0.4, 0.5) is 0 Å². The third-order valence-corrected chi connectivity index (χ3v) is 3.86. The van der Waals surface area contributed by atoms with E-state index in [4.69, 9.17) is 0 Å².